The van der Waals surface area contributed by atoms with Crippen LogP contribution in [-0.2, 0) is 10.2 Å². The van der Waals surface area contributed by atoms with Crippen molar-refractivity contribution in [3.8, 4) is 17.3 Å². The van der Waals surface area contributed by atoms with E-state index in [4.69, 9.17) is 9.90 Å². The van der Waals surface area contributed by atoms with Gasteiger partial charge in [0.1, 0.15) is 12.1 Å². The number of hydrogen-bond acceptors (Lipinski definition) is 6. The molecule has 0 bridgehead atoms. The Kier molecular flexibility index (Phi) is 8.70. The van der Waals surface area contributed by atoms with Crippen molar-refractivity contribution in [3.05, 3.63) is 78.1 Å². The number of nitriles is 1. The first-order valence-corrected chi connectivity index (χ1v) is 10.0. The number of halogens is 3. The fourth-order valence-electron chi connectivity index (χ4n) is 2.73. The van der Waals surface area contributed by atoms with Crippen molar-refractivity contribution in [1.29, 1.82) is 5.26 Å². The number of aliphatic hydroxyl groups is 1. The van der Waals surface area contributed by atoms with Crippen LogP contribution in [0.5, 0.6) is 0 Å². The monoisotopic (exact) mass is 472 g/mol. The number of rotatable bonds is 6. The molecule has 3 N–H and O–H groups in total. The van der Waals surface area contributed by atoms with E-state index in [9.17, 15) is 23.5 Å². The fraction of sp³-hybridized carbons (Fsp3) is 0.250. The van der Waals surface area contributed by atoms with Crippen LogP contribution < -0.4 is 5.32 Å². The molecule has 1 atom stereocenters. The number of aliphatic carboxylic acids is 1. The molecule has 1 aromatic heterocycles. The third-order valence-corrected chi connectivity index (χ3v) is 4.75. The summed E-state index contributed by atoms with van der Waals surface area (Å²) in [5.74, 6) is -2.11. The molecule has 34 heavy (non-hydrogen) atoms. The Morgan fingerprint density at radius 3 is 2.21 bits per heavy atom. The number of carboxylic acids is 1. The molecule has 1 heterocycles. The van der Waals surface area contributed by atoms with Crippen LogP contribution in [0, 0.1) is 11.3 Å². The SMILES string of the molecule is CC(C)(C#N)c1ccc(-c2cc(NC[C@H](O)c3ccccc3)ncn2)cc1.O=C(O)C(F)(F)F. The molecule has 0 amide bonds. The molecule has 3 rings (SSSR count). The van der Waals surface area contributed by atoms with Crippen LogP contribution in [-0.4, -0.2) is 38.9 Å². The maximum atomic E-state index is 10.6. The highest BCUT2D eigenvalue weighted by molar-refractivity contribution is 5.73. The molecule has 0 saturated carbocycles. The predicted molar refractivity (Wildman–Crippen MR) is 120 cm³/mol. The van der Waals surface area contributed by atoms with E-state index in [1.54, 1.807) is 0 Å². The Labute approximate surface area is 194 Å². The highest BCUT2D eigenvalue weighted by Gasteiger charge is 2.38. The second kappa shape index (κ2) is 11.2. The average molecular weight is 472 g/mol. The van der Waals surface area contributed by atoms with Crippen LogP contribution in [0.2, 0.25) is 0 Å². The van der Waals surface area contributed by atoms with Crippen molar-refractivity contribution in [2.24, 2.45) is 0 Å². The molecule has 0 saturated heterocycles. The van der Waals surface area contributed by atoms with Gasteiger partial charge in [-0.05, 0) is 25.0 Å². The number of aliphatic hydroxyl groups excluding tert-OH is 1. The topological polar surface area (TPSA) is 119 Å². The summed E-state index contributed by atoms with van der Waals surface area (Å²) in [5.41, 5.74) is 3.02. The number of anilines is 1. The van der Waals surface area contributed by atoms with Gasteiger partial charge < -0.3 is 15.5 Å². The first-order chi connectivity index (χ1) is 15.9. The standard InChI is InChI=1S/C22H22N4O.C2HF3O2/c1-22(2,14-23)18-10-8-16(9-11-18)19-12-21(26-15-25-19)24-13-20(27)17-6-4-3-5-7-17;3-2(4,5)1(6)7/h3-12,15,20,27H,13H2,1-2H3,(H,24,25,26);(H,6,7)/t20-;/m0./s1. The van der Waals surface area contributed by atoms with Crippen molar-refractivity contribution in [2.75, 3.05) is 11.9 Å². The molecule has 0 fully saturated rings. The summed E-state index contributed by atoms with van der Waals surface area (Å²) >= 11 is 0. The maximum Gasteiger partial charge on any atom is 0.490 e. The fourth-order valence-corrected chi connectivity index (χ4v) is 2.73. The Hall–Kier alpha value is -3.97. The summed E-state index contributed by atoms with van der Waals surface area (Å²) in [6.45, 7) is 4.15. The van der Waals surface area contributed by atoms with Crippen molar-refractivity contribution in [1.82, 2.24) is 9.97 Å². The lowest BCUT2D eigenvalue weighted by molar-refractivity contribution is -0.192. The van der Waals surface area contributed by atoms with Gasteiger partial charge in [0.15, 0.2) is 0 Å². The van der Waals surface area contributed by atoms with E-state index >= 15 is 0 Å². The molecule has 0 spiro atoms. The quantitative estimate of drug-likeness (QED) is 0.475. The molecule has 178 valence electrons. The minimum absolute atomic E-state index is 0.357. The summed E-state index contributed by atoms with van der Waals surface area (Å²) in [6.07, 6.45) is -4.20. The highest BCUT2D eigenvalue weighted by Crippen LogP contribution is 2.26. The molecule has 0 aliphatic heterocycles. The van der Waals surface area contributed by atoms with Gasteiger partial charge in [-0.25, -0.2) is 14.8 Å². The number of nitrogens with one attached hydrogen (secondary N) is 1. The molecule has 3 aromatic rings. The van der Waals surface area contributed by atoms with Crippen LogP contribution in [0.25, 0.3) is 11.3 Å². The Morgan fingerprint density at radius 2 is 1.68 bits per heavy atom. The Balaban J connectivity index is 0.000000509. The molecule has 0 radical (unpaired) electrons. The summed E-state index contributed by atoms with van der Waals surface area (Å²) < 4.78 is 31.7. The lowest BCUT2D eigenvalue weighted by atomic mass is 9.86. The highest BCUT2D eigenvalue weighted by atomic mass is 19.4. The third kappa shape index (κ3) is 7.56. The number of alkyl halides is 3. The Morgan fingerprint density at radius 1 is 1.09 bits per heavy atom. The van der Waals surface area contributed by atoms with Gasteiger partial charge >= 0.3 is 12.1 Å². The number of carboxylic acid groups (broad SMARTS) is 1. The maximum absolute atomic E-state index is 10.6. The van der Waals surface area contributed by atoms with Crippen molar-refractivity contribution >= 4 is 11.8 Å². The molecule has 2 aromatic carbocycles. The second-order valence-electron chi connectivity index (χ2n) is 7.71. The minimum atomic E-state index is -5.08. The normalized spacial score (nSPS) is 12.0. The molecular formula is C24H23F3N4O3. The van der Waals surface area contributed by atoms with E-state index in [1.807, 2.05) is 74.5 Å². The molecule has 0 aliphatic carbocycles. The minimum Gasteiger partial charge on any atom is -0.475 e. The first-order valence-electron chi connectivity index (χ1n) is 10.0. The van der Waals surface area contributed by atoms with Gasteiger partial charge in [-0.1, -0.05) is 54.6 Å². The average Bonchev–Trinajstić information content (AvgIpc) is 2.83. The lowest BCUT2D eigenvalue weighted by Crippen LogP contribution is -2.21. The van der Waals surface area contributed by atoms with Crippen molar-refractivity contribution < 1.29 is 28.2 Å². The van der Waals surface area contributed by atoms with Gasteiger partial charge in [-0.15, -0.1) is 0 Å². The molecule has 0 unspecified atom stereocenters. The predicted octanol–water partition coefficient (Wildman–Crippen LogP) is 4.72. The van der Waals surface area contributed by atoms with E-state index in [1.165, 1.54) is 6.33 Å². The smallest absolute Gasteiger partial charge is 0.475 e. The third-order valence-electron chi connectivity index (χ3n) is 4.75. The molecule has 10 heteroatoms. The zero-order valence-corrected chi connectivity index (χ0v) is 18.4. The number of benzene rings is 2. The number of carbonyl (C=O) groups is 1. The zero-order chi connectivity index (χ0) is 25.4. The molecular weight excluding hydrogens is 449 g/mol. The van der Waals surface area contributed by atoms with Crippen LogP contribution in [0.4, 0.5) is 19.0 Å². The lowest BCUT2D eigenvalue weighted by Gasteiger charge is -2.16. The first kappa shape index (κ1) is 26.3. The Bertz CT molecular complexity index is 1130. The van der Waals surface area contributed by atoms with E-state index in [2.05, 4.69) is 21.4 Å². The van der Waals surface area contributed by atoms with E-state index in [-0.39, 0.29) is 0 Å². The zero-order valence-electron chi connectivity index (χ0n) is 18.4. The van der Waals surface area contributed by atoms with Crippen LogP contribution in [0.15, 0.2) is 67.0 Å². The number of aromatic nitrogens is 2. The summed E-state index contributed by atoms with van der Waals surface area (Å²) in [5, 5.41) is 29.8. The van der Waals surface area contributed by atoms with Gasteiger partial charge in [-0.3, -0.25) is 0 Å². The summed E-state index contributed by atoms with van der Waals surface area (Å²) in [4.78, 5) is 17.4. The largest absolute Gasteiger partial charge is 0.490 e. The molecule has 0 aliphatic rings. The number of hydrogen-bond donors (Lipinski definition) is 3. The van der Waals surface area contributed by atoms with E-state index in [0.717, 1.165) is 22.4 Å². The van der Waals surface area contributed by atoms with Crippen molar-refractivity contribution in [2.45, 2.75) is 31.5 Å². The second-order valence-corrected chi connectivity index (χ2v) is 7.71. The van der Waals surface area contributed by atoms with Gasteiger partial charge in [0.2, 0.25) is 0 Å². The van der Waals surface area contributed by atoms with Gasteiger partial charge in [0.05, 0.1) is 23.3 Å². The van der Waals surface area contributed by atoms with E-state index in [0.29, 0.717) is 12.4 Å². The van der Waals surface area contributed by atoms with Crippen molar-refractivity contribution in [3.63, 3.8) is 0 Å². The van der Waals surface area contributed by atoms with Gasteiger partial charge in [-0.2, -0.15) is 18.4 Å². The number of nitrogens with zero attached hydrogens (tertiary/aromatic N) is 3. The van der Waals surface area contributed by atoms with Crippen LogP contribution in [0.1, 0.15) is 31.1 Å². The van der Waals surface area contributed by atoms with Gasteiger partial charge in [0.25, 0.3) is 0 Å². The van der Waals surface area contributed by atoms with Crippen LogP contribution in [0.3, 0.4) is 0 Å². The molecule has 7 nitrogen and oxygen atoms in total. The summed E-state index contributed by atoms with van der Waals surface area (Å²) in [6, 6.07) is 21.5. The summed E-state index contributed by atoms with van der Waals surface area (Å²) in [7, 11) is 0. The van der Waals surface area contributed by atoms with Crippen LogP contribution >= 0.6 is 0 Å². The van der Waals surface area contributed by atoms with E-state index < -0.39 is 23.7 Å². The van der Waals surface area contributed by atoms with Gasteiger partial charge in [0, 0.05) is 18.2 Å².